The fraction of sp³-hybridized carbons (Fsp3) is 0.450. The first-order valence-corrected chi connectivity index (χ1v) is 9.66. The summed E-state index contributed by atoms with van der Waals surface area (Å²) in [4.78, 5) is 26.7. The minimum absolute atomic E-state index is 0.146. The molecule has 1 aromatic heterocycles. The molecule has 1 amide bonds. The number of ether oxygens (including phenoxy) is 2. The van der Waals surface area contributed by atoms with Gasteiger partial charge in [0.05, 0.1) is 18.1 Å². The molecule has 3 rings (SSSR count). The molecule has 1 aliphatic heterocycles. The van der Waals surface area contributed by atoms with E-state index in [2.05, 4.69) is 5.16 Å². The number of esters is 1. The van der Waals surface area contributed by atoms with Crippen LogP contribution in [0.2, 0.25) is 5.02 Å². The van der Waals surface area contributed by atoms with Gasteiger partial charge in [-0.15, -0.1) is 0 Å². The molecule has 1 aromatic carbocycles. The molecule has 2 aromatic rings. The summed E-state index contributed by atoms with van der Waals surface area (Å²) < 4.78 is 16.1. The molecule has 0 radical (unpaired) electrons. The first-order valence-electron chi connectivity index (χ1n) is 9.29. The second kappa shape index (κ2) is 9.10. The van der Waals surface area contributed by atoms with E-state index in [9.17, 15) is 9.59 Å². The third-order valence-corrected chi connectivity index (χ3v) is 4.96. The van der Waals surface area contributed by atoms with E-state index in [-0.39, 0.29) is 30.1 Å². The number of aromatic nitrogens is 1. The van der Waals surface area contributed by atoms with Gasteiger partial charge < -0.3 is 18.9 Å². The molecule has 0 bridgehead atoms. The Hall–Kier alpha value is -2.54. The van der Waals surface area contributed by atoms with Crippen LogP contribution in [0.15, 0.2) is 28.8 Å². The number of rotatable bonds is 6. The van der Waals surface area contributed by atoms with Crippen LogP contribution in [0.5, 0.6) is 5.75 Å². The number of likely N-dealkylation sites (tertiary alicyclic amines) is 1. The maximum atomic E-state index is 13.0. The van der Waals surface area contributed by atoms with Crippen LogP contribution in [0, 0.1) is 12.8 Å². The zero-order valence-corrected chi connectivity index (χ0v) is 16.7. The van der Waals surface area contributed by atoms with Gasteiger partial charge in [0.25, 0.3) is 5.91 Å². The summed E-state index contributed by atoms with van der Waals surface area (Å²) in [7, 11) is 0. The second-order valence-electron chi connectivity index (χ2n) is 6.65. The predicted molar refractivity (Wildman–Crippen MR) is 102 cm³/mol. The molecular weight excluding hydrogens is 384 g/mol. The molecule has 1 saturated heterocycles. The number of hydrogen-bond acceptors (Lipinski definition) is 6. The molecule has 0 spiro atoms. The van der Waals surface area contributed by atoms with Crippen LogP contribution in [-0.2, 0) is 16.1 Å². The standard InChI is InChI=1S/C20H23ClN2O5/c1-3-26-20(25)14-5-4-10-23(11-14)19(24)18-17(13(2)28-22-18)12-27-16-8-6-15(21)7-9-16/h6-9,14H,3-5,10-12H2,1-2H3. The van der Waals surface area contributed by atoms with Crippen LogP contribution >= 0.6 is 11.6 Å². The fourth-order valence-electron chi connectivity index (χ4n) is 3.18. The number of nitrogens with zero attached hydrogens (tertiary/aromatic N) is 2. The third kappa shape index (κ3) is 4.65. The number of piperidine rings is 1. The van der Waals surface area contributed by atoms with Crippen molar-refractivity contribution >= 4 is 23.5 Å². The van der Waals surface area contributed by atoms with Crippen molar-refractivity contribution in [2.45, 2.75) is 33.3 Å². The van der Waals surface area contributed by atoms with Crippen LogP contribution in [0.4, 0.5) is 0 Å². The number of carbonyl (C=O) groups excluding carboxylic acids is 2. The lowest BCUT2D eigenvalue weighted by atomic mass is 9.97. The maximum absolute atomic E-state index is 13.0. The van der Waals surface area contributed by atoms with Gasteiger partial charge >= 0.3 is 5.97 Å². The van der Waals surface area contributed by atoms with Gasteiger partial charge in [0, 0.05) is 18.1 Å². The van der Waals surface area contributed by atoms with Crippen molar-refractivity contribution in [2.24, 2.45) is 5.92 Å². The highest BCUT2D eigenvalue weighted by molar-refractivity contribution is 6.30. The molecule has 0 N–H and O–H groups in total. The molecule has 0 saturated carbocycles. The van der Waals surface area contributed by atoms with Crippen molar-refractivity contribution in [1.29, 1.82) is 0 Å². The van der Waals surface area contributed by atoms with E-state index in [1.165, 1.54) is 0 Å². The molecule has 0 aliphatic carbocycles. The number of aryl methyl sites for hydroxylation is 1. The molecule has 2 heterocycles. The SMILES string of the molecule is CCOC(=O)C1CCCN(C(=O)c2noc(C)c2COc2ccc(Cl)cc2)C1. The molecule has 1 atom stereocenters. The van der Waals surface area contributed by atoms with E-state index in [4.69, 9.17) is 25.6 Å². The quantitative estimate of drug-likeness (QED) is 0.681. The Bertz CT molecular complexity index is 834. The minimum Gasteiger partial charge on any atom is -0.489 e. The molecular formula is C20H23ClN2O5. The number of carbonyl (C=O) groups is 2. The zero-order chi connectivity index (χ0) is 20.1. The monoisotopic (exact) mass is 406 g/mol. The van der Waals surface area contributed by atoms with Gasteiger partial charge in [-0.05, 0) is 51.0 Å². The van der Waals surface area contributed by atoms with Gasteiger partial charge in [-0.1, -0.05) is 16.8 Å². The van der Waals surface area contributed by atoms with Crippen molar-refractivity contribution in [3.63, 3.8) is 0 Å². The summed E-state index contributed by atoms with van der Waals surface area (Å²) >= 11 is 5.88. The van der Waals surface area contributed by atoms with Gasteiger partial charge in [0.1, 0.15) is 18.1 Å². The summed E-state index contributed by atoms with van der Waals surface area (Å²) in [6.07, 6.45) is 1.45. The summed E-state index contributed by atoms with van der Waals surface area (Å²) in [5, 5.41) is 4.56. The van der Waals surface area contributed by atoms with Crippen molar-refractivity contribution in [3.8, 4) is 5.75 Å². The summed E-state index contributed by atoms with van der Waals surface area (Å²) in [6.45, 7) is 4.88. The van der Waals surface area contributed by atoms with Gasteiger partial charge in [0.2, 0.25) is 0 Å². The highest BCUT2D eigenvalue weighted by Gasteiger charge is 2.32. The molecule has 1 aliphatic rings. The number of benzene rings is 1. The van der Waals surface area contributed by atoms with Gasteiger partial charge in [-0.2, -0.15) is 0 Å². The summed E-state index contributed by atoms with van der Waals surface area (Å²) in [5.74, 6) is 0.322. The Balaban J connectivity index is 1.70. The molecule has 1 fully saturated rings. The van der Waals surface area contributed by atoms with Gasteiger partial charge in [-0.3, -0.25) is 9.59 Å². The highest BCUT2D eigenvalue weighted by atomic mass is 35.5. The Labute approximate surface area is 168 Å². The molecule has 8 heteroatoms. The van der Waals surface area contributed by atoms with E-state index in [1.807, 2.05) is 0 Å². The topological polar surface area (TPSA) is 81.9 Å². The first-order chi connectivity index (χ1) is 13.5. The number of hydrogen-bond donors (Lipinski definition) is 0. The predicted octanol–water partition coefficient (Wildman–Crippen LogP) is 3.63. The average Bonchev–Trinajstić information content (AvgIpc) is 3.07. The lowest BCUT2D eigenvalue weighted by Gasteiger charge is -2.31. The Morgan fingerprint density at radius 1 is 1.32 bits per heavy atom. The van der Waals surface area contributed by atoms with E-state index in [0.29, 0.717) is 48.2 Å². The summed E-state index contributed by atoms with van der Waals surface area (Å²) in [5.41, 5.74) is 0.814. The number of halogens is 1. The van der Waals surface area contributed by atoms with Crippen LogP contribution in [0.1, 0.15) is 41.6 Å². The lowest BCUT2D eigenvalue weighted by Crippen LogP contribution is -2.43. The molecule has 1 unspecified atom stereocenters. The van der Waals surface area contributed by atoms with Crippen molar-refractivity contribution < 1.29 is 23.6 Å². The minimum atomic E-state index is -0.306. The van der Waals surface area contributed by atoms with Gasteiger partial charge in [0.15, 0.2) is 5.69 Å². The summed E-state index contributed by atoms with van der Waals surface area (Å²) in [6, 6.07) is 6.96. The molecule has 28 heavy (non-hydrogen) atoms. The number of amides is 1. The molecule has 150 valence electrons. The average molecular weight is 407 g/mol. The van der Waals surface area contributed by atoms with E-state index >= 15 is 0 Å². The fourth-order valence-corrected chi connectivity index (χ4v) is 3.31. The largest absolute Gasteiger partial charge is 0.489 e. The Morgan fingerprint density at radius 2 is 2.07 bits per heavy atom. The van der Waals surface area contributed by atoms with E-state index < -0.39 is 0 Å². The second-order valence-corrected chi connectivity index (χ2v) is 7.09. The van der Waals surface area contributed by atoms with Crippen molar-refractivity contribution in [1.82, 2.24) is 10.1 Å². The van der Waals surface area contributed by atoms with Crippen molar-refractivity contribution in [3.05, 3.63) is 46.3 Å². The van der Waals surface area contributed by atoms with Gasteiger partial charge in [-0.25, -0.2) is 0 Å². The maximum Gasteiger partial charge on any atom is 0.310 e. The lowest BCUT2D eigenvalue weighted by molar-refractivity contribution is -0.149. The highest BCUT2D eigenvalue weighted by Crippen LogP contribution is 2.24. The zero-order valence-electron chi connectivity index (χ0n) is 15.9. The van der Waals surface area contributed by atoms with E-state index in [1.54, 1.807) is 43.0 Å². The van der Waals surface area contributed by atoms with Crippen LogP contribution in [0.3, 0.4) is 0 Å². The smallest absolute Gasteiger partial charge is 0.310 e. The molecule has 7 nitrogen and oxygen atoms in total. The van der Waals surface area contributed by atoms with Crippen LogP contribution < -0.4 is 4.74 Å². The van der Waals surface area contributed by atoms with Crippen molar-refractivity contribution in [2.75, 3.05) is 19.7 Å². The normalized spacial score (nSPS) is 16.7. The van der Waals surface area contributed by atoms with E-state index in [0.717, 1.165) is 6.42 Å². The van der Waals surface area contributed by atoms with Crippen LogP contribution in [0.25, 0.3) is 0 Å². The van der Waals surface area contributed by atoms with Crippen LogP contribution in [-0.4, -0.2) is 41.6 Å². The Kier molecular flexibility index (Phi) is 6.57. The first kappa shape index (κ1) is 20.2. The third-order valence-electron chi connectivity index (χ3n) is 4.71. The Morgan fingerprint density at radius 3 is 2.79 bits per heavy atom.